The lowest BCUT2D eigenvalue weighted by molar-refractivity contribution is -0.116. The molecule has 1 saturated heterocycles. The van der Waals surface area contributed by atoms with Crippen LogP contribution in [0.1, 0.15) is 31.2 Å². The normalized spacial score (nSPS) is 15.9. The number of nitrogens with one attached hydrogen (secondary N) is 1. The molecule has 0 aliphatic carbocycles. The van der Waals surface area contributed by atoms with Crippen LogP contribution in [0.25, 0.3) is 11.0 Å². The molecule has 2 heterocycles. The van der Waals surface area contributed by atoms with Gasteiger partial charge in [-0.05, 0) is 68.1 Å². The predicted octanol–water partition coefficient (Wildman–Crippen LogP) is 4.32. The van der Waals surface area contributed by atoms with E-state index in [1.54, 1.807) is 0 Å². The van der Waals surface area contributed by atoms with Crippen molar-refractivity contribution in [3.8, 4) is 0 Å². The van der Waals surface area contributed by atoms with Crippen LogP contribution in [0.15, 0.2) is 48.5 Å². The van der Waals surface area contributed by atoms with Crippen LogP contribution >= 0.6 is 11.7 Å². The van der Waals surface area contributed by atoms with Gasteiger partial charge in [0.1, 0.15) is 11.0 Å². The van der Waals surface area contributed by atoms with Crippen LogP contribution in [0.3, 0.4) is 0 Å². The number of anilines is 1. The molecule has 1 aromatic heterocycles. The first-order valence-electron chi connectivity index (χ1n) is 9.55. The number of rotatable bonds is 6. The van der Waals surface area contributed by atoms with Gasteiger partial charge in [0.2, 0.25) is 5.91 Å². The smallest absolute Gasteiger partial charge is 0.224 e. The summed E-state index contributed by atoms with van der Waals surface area (Å²) >= 11 is 1.27. The molecule has 140 valence electrons. The summed E-state index contributed by atoms with van der Waals surface area (Å²) in [7, 11) is 0. The van der Waals surface area contributed by atoms with Crippen LogP contribution in [0.2, 0.25) is 0 Å². The molecular weight excluding hydrogens is 356 g/mol. The highest BCUT2D eigenvalue weighted by molar-refractivity contribution is 7.00. The second-order valence-electron chi connectivity index (χ2n) is 7.26. The third-order valence-corrected chi connectivity index (χ3v) is 5.83. The van der Waals surface area contributed by atoms with Crippen molar-refractivity contribution in [1.82, 2.24) is 13.6 Å². The number of benzene rings is 2. The molecule has 1 N–H and O–H groups in total. The third kappa shape index (κ3) is 4.90. The van der Waals surface area contributed by atoms with Crippen molar-refractivity contribution < 1.29 is 4.79 Å². The summed E-state index contributed by atoms with van der Waals surface area (Å²) in [4.78, 5) is 14.6. The van der Waals surface area contributed by atoms with Gasteiger partial charge in [0.15, 0.2) is 0 Å². The molecule has 0 saturated carbocycles. The van der Waals surface area contributed by atoms with Gasteiger partial charge in [0, 0.05) is 18.7 Å². The Morgan fingerprint density at radius 3 is 2.67 bits per heavy atom. The number of carbonyl (C=O) groups is 1. The SMILES string of the molecule is O=C(CCC1CCN(Cc2ccc3nsnc3c2)CC1)Nc1ccccc1. The zero-order chi connectivity index (χ0) is 18.5. The van der Waals surface area contributed by atoms with E-state index >= 15 is 0 Å². The van der Waals surface area contributed by atoms with Gasteiger partial charge in [-0.3, -0.25) is 9.69 Å². The Morgan fingerprint density at radius 1 is 1.07 bits per heavy atom. The van der Waals surface area contributed by atoms with E-state index in [0.717, 1.165) is 42.8 Å². The van der Waals surface area contributed by atoms with Gasteiger partial charge in [-0.25, -0.2) is 0 Å². The molecule has 1 aliphatic heterocycles. The van der Waals surface area contributed by atoms with Crippen LogP contribution < -0.4 is 5.32 Å². The number of piperidine rings is 1. The van der Waals surface area contributed by atoms with E-state index in [2.05, 4.69) is 37.2 Å². The molecule has 0 radical (unpaired) electrons. The number of hydrogen-bond donors (Lipinski definition) is 1. The van der Waals surface area contributed by atoms with Crippen molar-refractivity contribution >= 4 is 34.4 Å². The fourth-order valence-corrected chi connectivity index (χ4v) is 4.22. The number of carbonyl (C=O) groups excluding carboxylic acids is 1. The van der Waals surface area contributed by atoms with E-state index in [4.69, 9.17) is 0 Å². The van der Waals surface area contributed by atoms with Crippen LogP contribution in [0.4, 0.5) is 5.69 Å². The largest absolute Gasteiger partial charge is 0.326 e. The standard InChI is InChI=1S/C21H24N4OS/c26-21(22-18-4-2-1-3-5-18)9-7-16-10-12-25(13-11-16)15-17-6-8-19-20(14-17)24-27-23-19/h1-6,8,14,16H,7,9-13,15H2,(H,22,26). The Kier molecular flexibility index (Phi) is 5.75. The second kappa shape index (κ2) is 8.59. The Hall–Kier alpha value is -2.31. The Bertz CT molecular complexity index is 887. The monoisotopic (exact) mass is 380 g/mol. The van der Waals surface area contributed by atoms with Gasteiger partial charge in [-0.2, -0.15) is 8.75 Å². The summed E-state index contributed by atoms with van der Waals surface area (Å²) in [5.74, 6) is 0.766. The molecule has 0 atom stereocenters. The second-order valence-corrected chi connectivity index (χ2v) is 7.79. The average molecular weight is 381 g/mol. The van der Waals surface area contributed by atoms with Crippen molar-refractivity contribution in [2.45, 2.75) is 32.2 Å². The number of aromatic nitrogens is 2. The minimum Gasteiger partial charge on any atom is -0.326 e. The van der Waals surface area contributed by atoms with Crippen LogP contribution in [-0.2, 0) is 11.3 Å². The van der Waals surface area contributed by atoms with E-state index in [-0.39, 0.29) is 5.91 Å². The molecule has 4 rings (SSSR count). The molecule has 27 heavy (non-hydrogen) atoms. The Balaban J connectivity index is 1.20. The molecule has 0 spiro atoms. The highest BCUT2D eigenvalue weighted by Crippen LogP contribution is 2.24. The highest BCUT2D eigenvalue weighted by atomic mass is 32.1. The first-order chi connectivity index (χ1) is 13.3. The summed E-state index contributed by atoms with van der Waals surface area (Å²) in [6.07, 6.45) is 3.91. The third-order valence-electron chi connectivity index (χ3n) is 5.27. The van der Waals surface area contributed by atoms with Crippen molar-refractivity contribution in [2.75, 3.05) is 18.4 Å². The van der Waals surface area contributed by atoms with Gasteiger partial charge < -0.3 is 5.32 Å². The van der Waals surface area contributed by atoms with E-state index in [1.807, 2.05) is 30.3 Å². The van der Waals surface area contributed by atoms with Crippen molar-refractivity contribution in [1.29, 1.82) is 0 Å². The average Bonchev–Trinajstić information content (AvgIpc) is 3.16. The van der Waals surface area contributed by atoms with Crippen molar-refractivity contribution in [2.24, 2.45) is 5.92 Å². The van der Waals surface area contributed by atoms with Gasteiger partial charge in [0.25, 0.3) is 0 Å². The van der Waals surface area contributed by atoms with E-state index in [0.29, 0.717) is 12.3 Å². The number of para-hydroxylation sites is 1. The summed E-state index contributed by atoms with van der Waals surface area (Å²) in [6.45, 7) is 3.16. The topological polar surface area (TPSA) is 58.1 Å². The molecule has 0 bridgehead atoms. The van der Waals surface area contributed by atoms with E-state index in [9.17, 15) is 4.79 Å². The lowest BCUT2D eigenvalue weighted by atomic mass is 9.92. The highest BCUT2D eigenvalue weighted by Gasteiger charge is 2.20. The number of likely N-dealkylation sites (tertiary alicyclic amines) is 1. The number of nitrogens with zero attached hydrogens (tertiary/aromatic N) is 3. The predicted molar refractivity (Wildman–Crippen MR) is 110 cm³/mol. The molecule has 3 aromatic rings. The summed E-state index contributed by atoms with van der Waals surface area (Å²) < 4.78 is 8.59. The minimum absolute atomic E-state index is 0.119. The zero-order valence-corrected chi connectivity index (χ0v) is 16.1. The molecule has 1 fully saturated rings. The Labute approximate surface area is 163 Å². The maximum atomic E-state index is 12.1. The number of hydrogen-bond acceptors (Lipinski definition) is 5. The van der Waals surface area contributed by atoms with Crippen LogP contribution in [-0.4, -0.2) is 32.6 Å². The van der Waals surface area contributed by atoms with Gasteiger partial charge in [-0.1, -0.05) is 24.3 Å². The molecule has 5 nitrogen and oxygen atoms in total. The van der Waals surface area contributed by atoms with Gasteiger partial charge in [-0.15, -0.1) is 0 Å². The summed E-state index contributed by atoms with van der Waals surface area (Å²) in [5.41, 5.74) is 4.16. The molecular formula is C21H24N4OS. The van der Waals surface area contributed by atoms with Crippen molar-refractivity contribution in [3.63, 3.8) is 0 Å². The zero-order valence-electron chi connectivity index (χ0n) is 15.3. The lowest BCUT2D eigenvalue weighted by Gasteiger charge is -2.32. The van der Waals surface area contributed by atoms with Crippen molar-refractivity contribution in [3.05, 3.63) is 54.1 Å². The fraction of sp³-hybridized carbons (Fsp3) is 0.381. The fourth-order valence-electron chi connectivity index (χ4n) is 3.70. The number of fused-ring (bicyclic) bond motifs is 1. The van der Waals surface area contributed by atoms with Crippen LogP contribution in [0.5, 0.6) is 0 Å². The first-order valence-corrected chi connectivity index (χ1v) is 10.3. The van der Waals surface area contributed by atoms with Gasteiger partial charge >= 0.3 is 0 Å². The molecule has 1 aliphatic rings. The molecule has 2 aromatic carbocycles. The van der Waals surface area contributed by atoms with E-state index < -0.39 is 0 Å². The molecule has 1 amide bonds. The maximum Gasteiger partial charge on any atom is 0.224 e. The minimum atomic E-state index is 0.119. The van der Waals surface area contributed by atoms with Crippen LogP contribution in [0, 0.1) is 5.92 Å². The molecule has 6 heteroatoms. The maximum absolute atomic E-state index is 12.1. The summed E-state index contributed by atoms with van der Waals surface area (Å²) in [6, 6.07) is 16.1. The first kappa shape index (κ1) is 18.1. The summed E-state index contributed by atoms with van der Waals surface area (Å²) in [5, 5.41) is 2.98. The Morgan fingerprint density at radius 2 is 1.85 bits per heavy atom. The number of amides is 1. The van der Waals surface area contributed by atoms with Gasteiger partial charge in [0.05, 0.1) is 11.7 Å². The molecule has 0 unspecified atom stereocenters. The quantitative estimate of drug-likeness (QED) is 0.692. The lowest BCUT2D eigenvalue weighted by Crippen LogP contribution is -2.33. The van der Waals surface area contributed by atoms with E-state index in [1.165, 1.54) is 30.1 Å².